The minimum absolute atomic E-state index is 0.0399. The number of piperazine rings is 1. The number of aromatic nitrogens is 2. The number of ether oxygens (including phenoxy) is 1. The summed E-state index contributed by atoms with van der Waals surface area (Å²) in [5, 5.41) is 7.69. The van der Waals surface area contributed by atoms with Crippen molar-refractivity contribution in [2.24, 2.45) is 17.8 Å². The van der Waals surface area contributed by atoms with Crippen molar-refractivity contribution in [2.45, 2.75) is 44.7 Å². The molecule has 7 aliphatic rings. The average molecular weight is 531 g/mol. The molecule has 2 aromatic rings. The number of nitrogens with zero attached hydrogens (tertiary/aromatic N) is 5. The molecule has 6 atom stereocenters. The van der Waals surface area contributed by atoms with E-state index in [2.05, 4.69) is 42.3 Å². The number of anilines is 1. The Morgan fingerprint density at radius 3 is 2.64 bits per heavy atom. The normalized spacial score (nSPS) is 31.6. The molecule has 4 heterocycles. The molecular weight excluding hydrogens is 496 g/mol. The Kier molecular flexibility index (Phi) is 4.92. The second kappa shape index (κ2) is 8.22. The first-order chi connectivity index (χ1) is 18.9. The van der Waals surface area contributed by atoms with Crippen LogP contribution in [0.1, 0.15) is 51.1 Å². The van der Waals surface area contributed by atoms with Crippen LogP contribution in [-0.2, 0) is 16.1 Å². The fourth-order valence-electron chi connectivity index (χ4n) is 7.82. The van der Waals surface area contributed by atoms with Gasteiger partial charge in [-0.1, -0.05) is 12.1 Å². The number of hydrogen-bond donors (Lipinski definition) is 1. The van der Waals surface area contributed by atoms with Crippen molar-refractivity contribution in [2.75, 3.05) is 50.8 Å². The Morgan fingerprint density at radius 1 is 1.05 bits per heavy atom. The van der Waals surface area contributed by atoms with Gasteiger partial charge in [-0.25, -0.2) is 4.79 Å². The monoisotopic (exact) mass is 530 g/mol. The number of amides is 3. The molecule has 10 nitrogen and oxygen atoms in total. The maximum Gasteiger partial charge on any atom is 0.407 e. The van der Waals surface area contributed by atoms with E-state index >= 15 is 0 Å². The van der Waals surface area contributed by atoms with Crippen LogP contribution < -0.4 is 10.2 Å². The van der Waals surface area contributed by atoms with E-state index in [0.717, 1.165) is 30.8 Å². The van der Waals surface area contributed by atoms with Crippen LogP contribution in [0, 0.1) is 31.6 Å². The number of nitrogens with one attached hydrogen (secondary N) is 1. The number of hydrogen-bond acceptors (Lipinski definition) is 6. The minimum atomic E-state index is -0.369. The van der Waals surface area contributed by atoms with Gasteiger partial charge in [-0.05, 0) is 55.2 Å². The minimum Gasteiger partial charge on any atom is -0.449 e. The predicted molar refractivity (Wildman–Crippen MR) is 142 cm³/mol. The van der Waals surface area contributed by atoms with E-state index in [1.807, 2.05) is 14.5 Å². The summed E-state index contributed by atoms with van der Waals surface area (Å²) in [5.74, 6) is 2.42. The third kappa shape index (κ3) is 3.45. The molecule has 1 N–H and O–H groups in total. The average Bonchev–Trinajstić information content (AvgIpc) is 3.72. The summed E-state index contributed by atoms with van der Waals surface area (Å²) < 4.78 is 7.04. The number of rotatable bonds is 4. The van der Waals surface area contributed by atoms with E-state index in [9.17, 15) is 14.4 Å². The van der Waals surface area contributed by atoms with Gasteiger partial charge in [-0.3, -0.25) is 14.3 Å². The van der Waals surface area contributed by atoms with Crippen LogP contribution in [-0.4, -0.2) is 89.4 Å². The third-order valence-electron chi connectivity index (χ3n) is 10.3. The van der Waals surface area contributed by atoms with Crippen molar-refractivity contribution in [1.29, 1.82) is 0 Å². The first kappa shape index (κ1) is 23.3. The highest BCUT2D eigenvalue weighted by Crippen LogP contribution is 2.88. The SMILES string of the molecule is Cc1cccc(N2CCN(C(=O)Cn3nc(C(=O)N4CCC5NC(=O)OCC5C4)c4c3C3C5[C@H]3[C@H]45)CC2)c1C. The molecule has 5 fully saturated rings. The van der Waals surface area contributed by atoms with Gasteiger partial charge >= 0.3 is 6.09 Å². The molecule has 3 aliphatic heterocycles. The van der Waals surface area contributed by atoms with E-state index in [1.54, 1.807) is 0 Å². The van der Waals surface area contributed by atoms with Crippen LogP contribution in [0.2, 0.25) is 0 Å². The first-order valence-electron chi connectivity index (χ1n) is 14.3. The van der Waals surface area contributed by atoms with Crippen LogP contribution in [0.15, 0.2) is 18.2 Å². The lowest BCUT2D eigenvalue weighted by Crippen LogP contribution is -2.57. The molecule has 9 rings (SSSR count). The highest BCUT2D eigenvalue weighted by atomic mass is 16.6. The smallest absolute Gasteiger partial charge is 0.407 e. The summed E-state index contributed by atoms with van der Waals surface area (Å²) in [5.41, 5.74) is 6.64. The van der Waals surface area contributed by atoms with Gasteiger partial charge in [-0.2, -0.15) is 5.10 Å². The molecule has 4 unspecified atom stereocenters. The fraction of sp³-hybridized carbons (Fsp3) is 0.586. The summed E-state index contributed by atoms with van der Waals surface area (Å²) in [6.45, 7) is 8.98. The number of cyclic esters (lactones) is 1. The highest BCUT2D eigenvalue weighted by Gasteiger charge is 2.81. The molecule has 1 aromatic heterocycles. The van der Waals surface area contributed by atoms with Crippen LogP contribution in [0.5, 0.6) is 0 Å². The maximum absolute atomic E-state index is 13.7. The van der Waals surface area contributed by atoms with Crippen molar-refractivity contribution in [3.05, 3.63) is 46.3 Å². The first-order valence-corrected chi connectivity index (χ1v) is 14.3. The second-order valence-corrected chi connectivity index (χ2v) is 12.2. The molecule has 4 aliphatic carbocycles. The van der Waals surface area contributed by atoms with Gasteiger partial charge in [0.05, 0.1) is 6.61 Å². The van der Waals surface area contributed by atoms with E-state index in [0.29, 0.717) is 62.2 Å². The van der Waals surface area contributed by atoms with Gasteiger partial charge in [-0.15, -0.1) is 0 Å². The quantitative estimate of drug-likeness (QED) is 0.648. The number of fused-ring (bicyclic) bond motifs is 1. The number of aryl methyl sites for hydroxylation is 1. The third-order valence-corrected chi connectivity index (χ3v) is 10.3. The van der Waals surface area contributed by atoms with Gasteiger partial charge in [0.15, 0.2) is 5.69 Å². The van der Waals surface area contributed by atoms with E-state index in [4.69, 9.17) is 9.84 Å². The molecule has 3 amide bonds. The molecule has 2 saturated carbocycles. The lowest BCUT2D eigenvalue weighted by Gasteiger charge is -2.40. The number of carbonyl (C=O) groups is 3. The van der Waals surface area contributed by atoms with Crippen molar-refractivity contribution >= 4 is 23.6 Å². The molecule has 0 radical (unpaired) electrons. The lowest BCUT2D eigenvalue weighted by molar-refractivity contribution is -0.132. The number of alkyl carbamates (subject to hydrolysis) is 1. The van der Waals surface area contributed by atoms with Crippen LogP contribution in [0.4, 0.5) is 10.5 Å². The van der Waals surface area contributed by atoms with Gasteiger partial charge < -0.3 is 24.8 Å². The number of carbonyl (C=O) groups excluding carboxylic acids is 3. The van der Waals surface area contributed by atoms with Crippen molar-refractivity contribution in [1.82, 2.24) is 24.9 Å². The van der Waals surface area contributed by atoms with E-state index < -0.39 is 0 Å². The zero-order chi connectivity index (χ0) is 26.6. The molecule has 204 valence electrons. The Hall–Kier alpha value is -3.56. The molecule has 10 heteroatoms. The molecule has 2 bridgehead atoms. The second-order valence-electron chi connectivity index (χ2n) is 12.2. The predicted octanol–water partition coefficient (Wildman–Crippen LogP) is 1.86. The molecular formula is C29H34N6O4. The van der Waals surface area contributed by atoms with E-state index in [1.165, 1.54) is 16.8 Å². The lowest BCUT2D eigenvalue weighted by atomic mass is 9.91. The maximum atomic E-state index is 13.7. The zero-order valence-corrected chi connectivity index (χ0v) is 22.4. The summed E-state index contributed by atoms with van der Waals surface area (Å²) in [7, 11) is 0. The van der Waals surface area contributed by atoms with Gasteiger partial charge in [0.25, 0.3) is 5.91 Å². The van der Waals surface area contributed by atoms with Crippen molar-refractivity contribution in [3.8, 4) is 0 Å². The largest absolute Gasteiger partial charge is 0.449 e. The molecule has 1 aromatic carbocycles. The topological polar surface area (TPSA) is 100 Å². The number of piperidine rings is 1. The standard InChI is InChI=1S/C29H34N6O4/c1-15-4-3-5-19(16(15)2)32-8-10-33(11-9-32)20(36)13-35-27-24-21-22(24)23(21)25(27)26(31-35)28(37)34-7-6-18-17(12-34)14-39-29(38)30-18/h3-5,17-18,21-24H,6-14H2,1-2H3,(H,30,38)/t17?,18?,21-,22?,23-,24?/m0/s1. The van der Waals surface area contributed by atoms with Gasteiger partial charge in [0.2, 0.25) is 5.91 Å². The number of likely N-dealkylation sites (tertiary alicyclic amines) is 1. The zero-order valence-electron chi connectivity index (χ0n) is 22.4. The van der Waals surface area contributed by atoms with Crippen LogP contribution in [0.3, 0.4) is 0 Å². The Balaban J connectivity index is 0.965. The summed E-state index contributed by atoms with van der Waals surface area (Å²) in [6.07, 6.45) is 0.352. The molecule has 0 spiro atoms. The summed E-state index contributed by atoms with van der Waals surface area (Å²) in [6, 6.07) is 6.46. The van der Waals surface area contributed by atoms with Crippen LogP contribution in [0.25, 0.3) is 0 Å². The summed E-state index contributed by atoms with van der Waals surface area (Å²) in [4.78, 5) is 44.9. The fourth-order valence-corrected chi connectivity index (χ4v) is 7.82. The highest BCUT2D eigenvalue weighted by molar-refractivity contribution is 5.96. The molecule has 3 saturated heterocycles. The Bertz CT molecular complexity index is 1400. The molecule has 39 heavy (non-hydrogen) atoms. The van der Waals surface area contributed by atoms with Gasteiger partial charge in [0, 0.05) is 74.1 Å². The van der Waals surface area contributed by atoms with Crippen LogP contribution >= 0.6 is 0 Å². The number of benzene rings is 1. The summed E-state index contributed by atoms with van der Waals surface area (Å²) >= 11 is 0. The van der Waals surface area contributed by atoms with Crippen molar-refractivity contribution in [3.63, 3.8) is 0 Å². The Morgan fingerprint density at radius 2 is 1.85 bits per heavy atom. The Labute approximate surface area is 227 Å². The van der Waals surface area contributed by atoms with E-state index in [-0.39, 0.29) is 36.4 Å². The van der Waals surface area contributed by atoms with Gasteiger partial charge in [0.1, 0.15) is 6.54 Å². The van der Waals surface area contributed by atoms with Crippen molar-refractivity contribution < 1.29 is 19.1 Å².